The van der Waals surface area contributed by atoms with Crippen molar-refractivity contribution >= 4 is 11.7 Å². The predicted molar refractivity (Wildman–Crippen MR) is 127 cm³/mol. The Balaban J connectivity index is 1.28. The molecule has 0 bridgehead atoms. The zero-order valence-corrected chi connectivity index (χ0v) is 20.0. The number of piperazine rings is 1. The fraction of sp³-hybridized carbons (Fsp3) is 0.667. The number of esters is 1. The third-order valence-electron chi connectivity index (χ3n) is 9.31. The first-order valence-corrected chi connectivity index (χ1v) is 12.4. The van der Waals surface area contributed by atoms with E-state index in [4.69, 9.17) is 4.74 Å². The van der Waals surface area contributed by atoms with Crippen molar-refractivity contribution in [2.45, 2.75) is 59.2 Å². The number of aliphatic hydroxyl groups excluding tert-OH is 1. The van der Waals surface area contributed by atoms with Crippen LogP contribution in [0.1, 0.15) is 44.2 Å². The van der Waals surface area contributed by atoms with Crippen LogP contribution in [0.3, 0.4) is 0 Å². The van der Waals surface area contributed by atoms with Gasteiger partial charge in [0.25, 0.3) is 0 Å². The van der Waals surface area contributed by atoms with Crippen LogP contribution < -0.4 is 4.90 Å². The van der Waals surface area contributed by atoms with Crippen LogP contribution >= 0.6 is 0 Å². The van der Waals surface area contributed by atoms with Gasteiger partial charge in [-0.2, -0.15) is 0 Å². The van der Waals surface area contributed by atoms with Gasteiger partial charge in [0.1, 0.15) is 6.10 Å². The molecular formula is C27H38N2O3. The lowest BCUT2D eigenvalue weighted by Gasteiger charge is -2.52. The molecule has 0 amide bonds. The minimum atomic E-state index is -0.518. The van der Waals surface area contributed by atoms with Gasteiger partial charge in [0.15, 0.2) is 0 Å². The Bertz CT molecular complexity index is 919. The zero-order valence-electron chi connectivity index (χ0n) is 20.0. The Morgan fingerprint density at radius 2 is 1.94 bits per heavy atom. The Hall–Kier alpha value is -1.85. The average Bonchev–Trinajstić information content (AvgIpc) is 3.08. The molecule has 0 aromatic heterocycles. The number of fused-ring (bicyclic) bond motifs is 2. The standard InChI is InChI=1S/C27H38N2O3/c1-17-7-5-10-22(19(17)3)29-13-11-28(12-14-29)16-21-24-23(32-26(21)31)15-20-9-6-8-18(2)27(20,4)25(24)30/h5,7,9-10,18,21,23-25,30H,6,8,11-16H2,1-4H3/t18-,21-,23+,24-,25-,27+/m0/s1. The zero-order chi connectivity index (χ0) is 22.6. The van der Waals surface area contributed by atoms with Crippen LogP contribution in [0.15, 0.2) is 29.8 Å². The normalized spacial score (nSPS) is 37.5. The van der Waals surface area contributed by atoms with Gasteiger partial charge in [-0.3, -0.25) is 9.69 Å². The monoisotopic (exact) mass is 438 g/mol. The molecule has 1 N–H and O–H groups in total. The summed E-state index contributed by atoms with van der Waals surface area (Å²) in [5, 5.41) is 11.6. The molecule has 0 unspecified atom stereocenters. The molecule has 5 nitrogen and oxygen atoms in total. The quantitative estimate of drug-likeness (QED) is 0.576. The highest BCUT2D eigenvalue weighted by Gasteiger charge is 2.59. The van der Waals surface area contributed by atoms with Crippen LogP contribution in [0.25, 0.3) is 0 Å². The van der Waals surface area contributed by atoms with Crippen molar-refractivity contribution in [1.82, 2.24) is 4.90 Å². The number of hydrogen-bond donors (Lipinski definition) is 1. The number of anilines is 1. The molecule has 0 spiro atoms. The molecule has 2 saturated heterocycles. The topological polar surface area (TPSA) is 53.0 Å². The highest BCUT2D eigenvalue weighted by Crippen LogP contribution is 2.56. The maximum atomic E-state index is 12.9. The molecule has 1 saturated carbocycles. The Labute approximate surface area is 192 Å². The van der Waals surface area contributed by atoms with E-state index in [1.165, 1.54) is 22.4 Å². The predicted octanol–water partition coefficient (Wildman–Crippen LogP) is 3.71. The first-order valence-electron chi connectivity index (χ1n) is 12.4. The Kier molecular flexibility index (Phi) is 5.61. The van der Waals surface area contributed by atoms with Crippen molar-refractivity contribution in [1.29, 1.82) is 0 Å². The lowest BCUT2D eigenvalue weighted by atomic mass is 9.55. The van der Waals surface area contributed by atoms with E-state index in [1.807, 2.05) is 0 Å². The first kappa shape index (κ1) is 22.0. The molecule has 0 radical (unpaired) electrons. The molecule has 5 rings (SSSR count). The molecule has 2 heterocycles. The van der Waals surface area contributed by atoms with E-state index in [0.717, 1.165) is 45.4 Å². The largest absolute Gasteiger partial charge is 0.461 e. The maximum Gasteiger partial charge on any atom is 0.311 e. The minimum Gasteiger partial charge on any atom is -0.461 e. The number of aliphatic hydroxyl groups is 1. The van der Waals surface area contributed by atoms with Crippen molar-refractivity contribution in [2.75, 3.05) is 37.6 Å². The summed E-state index contributed by atoms with van der Waals surface area (Å²) in [6, 6.07) is 6.52. The SMILES string of the molecule is Cc1cccc(N2CCN(C[C@@H]3C(=O)O[C@@H]4CC5=CCC[C@H](C)[C@@]5(C)[C@@H](O)[C@@H]34)CC2)c1C. The van der Waals surface area contributed by atoms with Crippen molar-refractivity contribution in [2.24, 2.45) is 23.2 Å². The third-order valence-corrected chi connectivity index (χ3v) is 9.31. The van der Waals surface area contributed by atoms with Crippen LogP contribution in [0.5, 0.6) is 0 Å². The molecule has 3 fully saturated rings. The average molecular weight is 439 g/mol. The highest BCUT2D eigenvalue weighted by atomic mass is 16.6. The summed E-state index contributed by atoms with van der Waals surface area (Å²) >= 11 is 0. The molecule has 1 aromatic rings. The molecular weight excluding hydrogens is 400 g/mol. The van der Waals surface area contributed by atoms with Gasteiger partial charge in [0, 0.05) is 56.2 Å². The first-order chi connectivity index (χ1) is 15.3. The van der Waals surface area contributed by atoms with Crippen LogP contribution in [0, 0.1) is 37.0 Å². The third kappa shape index (κ3) is 3.40. The van der Waals surface area contributed by atoms with Crippen molar-refractivity contribution in [3.63, 3.8) is 0 Å². The number of aryl methyl sites for hydroxylation is 1. The second-order valence-electron chi connectivity index (χ2n) is 10.8. The van der Waals surface area contributed by atoms with Gasteiger partial charge in [0.05, 0.1) is 12.0 Å². The van der Waals surface area contributed by atoms with Crippen LogP contribution in [0.4, 0.5) is 5.69 Å². The van der Waals surface area contributed by atoms with Gasteiger partial charge in [-0.1, -0.05) is 37.6 Å². The smallest absolute Gasteiger partial charge is 0.311 e. The van der Waals surface area contributed by atoms with Gasteiger partial charge in [-0.05, 0) is 49.8 Å². The van der Waals surface area contributed by atoms with Crippen LogP contribution in [-0.4, -0.2) is 60.9 Å². The molecule has 5 heteroatoms. The van der Waals surface area contributed by atoms with E-state index < -0.39 is 6.10 Å². The number of ether oxygens (including phenoxy) is 1. The van der Waals surface area contributed by atoms with Crippen molar-refractivity contribution < 1.29 is 14.6 Å². The van der Waals surface area contributed by atoms with Gasteiger partial charge >= 0.3 is 5.97 Å². The van der Waals surface area contributed by atoms with Crippen LogP contribution in [0.2, 0.25) is 0 Å². The molecule has 1 aromatic carbocycles. The fourth-order valence-electron chi connectivity index (χ4n) is 6.80. The molecule has 2 aliphatic carbocycles. The number of allylic oxidation sites excluding steroid dienone is 1. The number of benzene rings is 1. The minimum absolute atomic E-state index is 0.0951. The Morgan fingerprint density at radius 3 is 2.69 bits per heavy atom. The molecule has 4 aliphatic rings. The number of carbonyl (C=O) groups excluding carboxylic acids is 1. The van der Waals surface area contributed by atoms with E-state index in [-0.39, 0.29) is 29.3 Å². The molecule has 6 atom stereocenters. The fourth-order valence-corrected chi connectivity index (χ4v) is 6.80. The van der Waals surface area contributed by atoms with E-state index in [2.05, 4.69) is 61.8 Å². The molecule has 2 aliphatic heterocycles. The summed E-state index contributed by atoms with van der Waals surface area (Å²) in [5.74, 6) is -0.000529. The number of rotatable bonds is 3. The summed E-state index contributed by atoms with van der Waals surface area (Å²) < 4.78 is 5.86. The number of hydrogen-bond acceptors (Lipinski definition) is 5. The number of nitrogens with zero attached hydrogens (tertiary/aromatic N) is 2. The highest BCUT2D eigenvalue weighted by molar-refractivity contribution is 5.76. The van der Waals surface area contributed by atoms with E-state index in [9.17, 15) is 9.90 Å². The van der Waals surface area contributed by atoms with Gasteiger partial charge < -0.3 is 14.7 Å². The molecule has 174 valence electrons. The number of carbonyl (C=O) groups is 1. The van der Waals surface area contributed by atoms with Gasteiger partial charge in [-0.15, -0.1) is 0 Å². The van der Waals surface area contributed by atoms with Gasteiger partial charge in [-0.25, -0.2) is 0 Å². The second kappa shape index (κ2) is 8.18. The van der Waals surface area contributed by atoms with E-state index in [1.54, 1.807) is 0 Å². The molecule has 32 heavy (non-hydrogen) atoms. The summed E-state index contributed by atoms with van der Waals surface area (Å²) in [6.45, 7) is 13.3. The maximum absolute atomic E-state index is 12.9. The van der Waals surface area contributed by atoms with Crippen molar-refractivity contribution in [3.05, 3.63) is 41.0 Å². The summed E-state index contributed by atoms with van der Waals surface area (Å²) in [6.07, 6.45) is 4.59. The van der Waals surface area contributed by atoms with Gasteiger partial charge in [0.2, 0.25) is 0 Å². The van der Waals surface area contributed by atoms with Crippen molar-refractivity contribution in [3.8, 4) is 0 Å². The Morgan fingerprint density at radius 1 is 1.19 bits per heavy atom. The van der Waals surface area contributed by atoms with Crippen LogP contribution in [-0.2, 0) is 9.53 Å². The summed E-state index contributed by atoms with van der Waals surface area (Å²) in [5.41, 5.74) is 5.08. The lowest BCUT2D eigenvalue weighted by Crippen LogP contribution is -2.55. The van der Waals surface area contributed by atoms with E-state index in [0.29, 0.717) is 12.5 Å². The lowest BCUT2D eigenvalue weighted by molar-refractivity contribution is -0.145. The summed E-state index contributed by atoms with van der Waals surface area (Å²) in [4.78, 5) is 17.8. The summed E-state index contributed by atoms with van der Waals surface area (Å²) in [7, 11) is 0. The second-order valence-corrected chi connectivity index (χ2v) is 10.8. The van der Waals surface area contributed by atoms with E-state index >= 15 is 0 Å².